The van der Waals surface area contributed by atoms with E-state index in [0.29, 0.717) is 0 Å². The summed E-state index contributed by atoms with van der Waals surface area (Å²) < 4.78 is 5.38. The summed E-state index contributed by atoms with van der Waals surface area (Å²) in [7, 11) is 1.97. The van der Waals surface area contributed by atoms with Crippen molar-refractivity contribution in [1.29, 1.82) is 0 Å². The van der Waals surface area contributed by atoms with Crippen LogP contribution in [-0.2, 0) is 11.3 Å². The number of hydrogen-bond acceptors (Lipinski definition) is 3. The van der Waals surface area contributed by atoms with E-state index in [4.69, 9.17) is 4.74 Å². The Balaban J connectivity index is 2.15. The Morgan fingerprint density at radius 3 is 2.59 bits per heavy atom. The van der Waals surface area contributed by atoms with Gasteiger partial charge in [0.1, 0.15) is 0 Å². The Morgan fingerprint density at radius 2 is 1.94 bits per heavy atom. The number of rotatable bonds is 3. The van der Waals surface area contributed by atoms with Crippen LogP contribution in [0.5, 0.6) is 0 Å². The van der Waals surface area contributed by atoms with Gasteiger partial charge in [-0.3, -0.25) is 4.90 Å². The fourth-order valence-electron chi connectivity index (χ4n) is 2.24. The number of nitrogens with one attached hydrogen (secondary N) is 1. The van der Waals surface area contributed by atoms with Crippen LogP contribution >= 0.6 is 0 Å². The molecular weight excluding hydrogens is 212 g/mol. The van der Waals surface area contributed by atoms with Gasteiger partial charge in [-0.1, -0.05) is 0 Å². The third kappa shape index (κ3) is 2.99. The molecule has 2 rings (SSSR count). The predicted molar refractivity (Wildman–Crippen MR) is 71.6 cm³/mol. The molecule has 1 N–H and O–H groups in total. The van der Waals surface area contributed by atoms with Gasteiger partial charge in [0, 0.05) is 32.4 Å². The minimum Gasteiger partial charge on any atom is -0.388 e. The molecule has 17 heavy (non-hydrogen) atoms. The third-order valence-electron chi connectivity index (χ3n) is 3.56. The molecular formula is C14H22N2O. The zero-order chi connectivity index (χ0) is 12.3. The van der Waals surface area contributed by atoms with E-state index in [9.17, 15) is 0 Å². The highest BCUT2D eigenvalue weighted by atomic mass is 16.5. The molecule has 1 aromatic carbocycles. The molecule has 0 aromatic heterocycles. The van der Waals surface area contributed by atoms with Crippen LogP contribution in [0.2, 0.25) is 0 Å². The SMILES string of the molecule is CNc1cc(C)c(C)c(CN2CCOCC2)c1. The molecule has 1 fully saturated rings. The summed E-state index contributed by atoms with van der Waals surface area (Å²) >= 11 is 0. The van der Waals surface area contributed by atoms with Gasteiger partial charge in [-0.15, -0.1) is 0 Å². The topological polar surface area (TPSA) is 24.5 Å². The predicted octanol–water partition coefficient (Wildman–Crippen LogP) is 2.18. The Labute approximate surface area is 104 Å². The standard InChI is InChI=1S/C14H22N2O/c1-11-8-14(15-3)9-13(12(11)2)10-16-4-6-17-7-5-16/h8-9,15H,4-7,10H2,1-3H3. The molecule has 3 heteroatoms. The van der Waals surface area contributed by atoms with E-state index in [2.05, 4.69) is 36.2 Å². The van der Waals surface area contributed by atoms with E-state index in [1.165, 1.54) is 22.4 Å². The molecule has 1 aromatic rings. The van der Waals surface area contributed by atoms with Crippen molar-refractivity contribution in [3.05, 3.63) is 28.8 Å². The normalized spacial score (nSPS) is 17.1. The van der Waals surface area contributed by atoms with Crippen molar-refractivity contribution < 1.29 is 4.74 Å². The largest absolute Gasteiger partial charge is 0.388 e. The van der Waals surface area contributed by atoms with Gasteiger partial charge in [0.25, 0.3) is 0 Å². The number of benzene rings is 1. The number of nitrogens with zero attached hydrogens (tertiary/aromatic N) is 1. The second-order valence-corrected chi connectivity index (χ2v) is 4.72. The first kappa shape index (κ1) is 12.4. The van der Waals surface area contributed by atoms with Gasteiger partial charge in [0.15, 0.2) is 0 Å². The minimum absolute atomic E-state index is 0.865. The molecule has 1 aliphatic rings. The second-order valence-electron chi connectivity index (χ2n) is 4.72. The number of anilines is 1. The van der Waals surface area contributed by atoms with E-state index in [0.717, 1.165) is 32.8 Å². The first-order valence-corrected chi connectivity index (χ1v) is 6.28. The van der Waals surface area contributed by atoms with Crippen molar-refractivity contribution in [2.24, 2.45) is 0 Å². The van der Waals surface area contributed by atoms with Crippen LogP contribution in [0.15, 0.2) is 12.1 Å². The average molecular weight is 234 g/mol. The molecule has 0 spiro atoms. The lowest BCUT2D eigenvalue weighted by atomic mass is 10.0. The van der Waals surface area contributed by atoms with Gasteiger partial charge in [-0.25, -0.2) is 0 Å². The molecule has 1 aliphatic heterocycles. The van der Waals surface area contributed by atoms with Crippen LogP contribution in [0.25, 0.3) is 0 Å². The summed E-state index contributed by atoms with van der Waals surface area (Å²) in [4.78, 5) is 2.46. The summed E-state index contributed by atoms with van der Waals surface area (Å²) in [5.74, 6) is 0. The fourth-order valence-corrected chi connectivity index (χ4v) is 2.24. The number of aryl methyl sites for hydroxylation is 1. The quantitative estimate of drug-likeness (QED) is 0.867. The summed E-state index contributed by atoms with van der Waals surface area (Å²) in [6.07, 6.45) is 0. The van der Waals surface area contributed by atoms with Gasteiger partial charge < -0.3 is 10.1 Å². The Hall–Kier alpha value is -1.06. The van der Waals surface area contributed by atoms with Crippen molar-refractivity contribution >= 4 is 5.69 Å². The van der Waals surface area contributed by atoms with E-state index < -0.39 is 0 Å². The molecule has 0 unspecified atom stereocenters. The molecule has 0 amide bonds. The van der Waals surface area contributed by atoms with Gasteiger partial charge in [0.05, 0.1) is 13.2 Å². The molecule has 0 bridgehead atoms. The highest BCUT2D eigenvalue weighted by Gasteiger charge is 2.13. The maximum absolute atomic E-state index is 5.38. The van der Waals surface area contributed by atoms with Gasteiger partial charge in [-0.2, -0.15) is 0 Å². The summed E-state index contributed by atoms with van der Waals surface area (Å²) in [5, 5.41) is 3.23. The molecule has 0 aliphatic carbocycles. The van der Waals surface area contributed by atoms with Crippen LogP contribution in [0.4, 0.5) is 5.69 Å². The highest BCUT2D eigenvalue weighted by molar-refractivity contribution is 5.51. The van der Waals surface area contributed by atoms with E-state index in [-0.39, 0.29) is 0 Å². The minimum atomic E-state index is 0.865. The molecule has 0 radical (unpaired) electrons. The van der Waals surface area contributed by atoms with Gasteiger partial charge in [-0.05, 0) is 42.7 Å². The monoisotopic (exact) mass is 234 g/mol. The molecule has 1 saturated heterocycles. The van der Waals surface area contributed by atoms with Crippen LogP contribution in [-0.4, -0.2) is 38.3 Å². The van der Waals surface area contributed by atoms with E-state index in [1.807, 2.05) is 7.05 Å². The van der Waals surface area contributed by atoms with Crippen molar-refractivity contribution in [3.8, 4) is 0 Å². The second kappa shape index (κ2) is 5.52. The summed E-state index contributed by atoms with van der Waals surface area (Å²) in [6, 6.07) is 4.47. The third-order valence-corrected chi connectivity index (χ3v) is 3.56. The highest BCUT2D eigenvalue weighted by Crippen LogP contribution is 2.21. The maximum atomic E-state index is 5.38. The van der Waals surface area contributed by atoms with Crippen molar-refractivity contribution in [1.82, 2.24) is 4.90 Å². The van der Waals surface area contributed by atoms with Crippen LogP contribution in [0.3, 0.4) is 0 Å². The average Bonchev–Trinajstić information content (AvgIpc) is 2.36. The van der Waals surface area contributed by atoms with E-state index in [1.54, 1.807) is 0 Å². The van der Waals surface area contributed by atoms with Crippen LogP contribution < -0.4 is 5.32 Å². The molecule has 94 valence electrons. The maximum Gasteiger partial charge on any atom is 0.0594 e. The molecule has 3 nitrogen and oxygen atoms in total. The van der Waals surface area contributed by atoms with Crippen molar-refractivity contribution in [3.63, 3.8) is 0 Å². The zero-order valence-corrected chi connectivity index (χ0v) is 11.0. The van der Waals surface area contributed by atoms with E-state index >= 15 is 0 Å². The smallest absolute Gasteiger partial charge is 0.0594 e. The van der Waals surface area contributed by atoms with Crippen LogP contribution in [0, 0.1) is 13.8 Å². The van der Waals surface area contributed by atoms with Gasteiger partial charge in [0.2, 0.25) is 0 Å². The Kier molecular flexibility index (Phi) is 4.02. The Morgan fingerprint density at radius 1 is 1.24 bits per heavy atom. The molecule has 1 heterocycles. The lowest BCUT2D eigenvalue weighted by molar-refractivity contribution is 0.0341. The van der Waals surface area contributed by atoms with Crippen molar-refractivity contribution in [2.75, 3.05) is 38.7 Å². The number of hydrogen-bond donors (Lipinski definition) is 1. The molecule has 0 atom stereocenters. The Bertz CT molecular complexity index is 384. The number of morpholine rings is 1. The van der Waals surface area contributed by atoms with Crippen molar-refractivity contribution in [2.45, 2.75) is 20.4 Å². The lowest BCUT2D eigenvalue weighted by Crippen LogP contribution is -2.35. The number of ether oxygens (including phenoxy) is 1. The summed E-state index contributed by atoms with van der Waals surface area (Å²) in [5.41, 5.74) is 5.41. The van der Waals surface area contributed by atoms with Crippen LogP contribution in [0.1, 0.15) is 16.7 Å². The fraction of sp³-hybridized carbons (Fsp3) is 0.571. The lowest BCUT2D eigenvalue weighted by Gasteiger charge is -2.27. The summed E-state index contributed by atoms with van der Waals surface area (Å²) in [6.45, 7) is 9.24. The first-order valence-electron chi connectivity index (χ1n) is 6.28. The first-order chi connectivity index (χ1) is 8.20. The van der Waals surface area contributed by atoms with Gasteiger partial charge >= 0.3 is 0 Å². The zero-order valence-electron chi connectivity index (χ0n) is 11.0. The molecule has 0 saturated carbocycles.